The van der Waals surface area contributed by atoms with Gasteiger partial charge in [0.25, 0.3) is 10.0 Å². The summed E-state index contributed by atoms with van der Waals surface area (Å²) in [5, 5.41) is 2.04. The quantitative estimate of drug-likeness (QED) is 0.344. The second kappa shape index (κ2) is 9.90. The van der Waals surface area contributed by atoms with Crippen molar-refractivity contribution in [3.05, 3.63) is 86.4 Å². The van der Waals surface area contributed by atoms with Gasteiger partial charge in [0.2, 0.25) is 5.91 Å². The molecule has 0 spiro atoms. The number of carbonyl (C=O) groups is 1. The Morgan fingerprint density at radius 2 is 1.73 bits per heavy atom. The predicted octanol–water partition coefficient (Wildman–Crippen LogP) is 6.11. The zero-order valence-electron chi connectivity index (χ0n) is 17.0. The highest BCUT2D eigenvalue weighted by Crippen LogP contribution is 2.38. The van der Waals surface area contributed by atoms with Crippen LogP contribution < -0.4 is 9.62 Å². The first-order valence-corrected chi connectivity index (χ1v) is 12.3. The van der Waals surface area contributed by atoms with Crippen molar-refractivity contribution >= 4 is 61.5 Å². The molecule has 1 amide bonds. The summed E-state index contributed by atoms with van der Waals surface area (Å²) in [4.78, 5) is 12.6. The van der Waals surface area contributed by atoms with Crippen LogP contribution in [-0.2, 0) is 21.0 Å². The first-order valence-electron chi connectivity index (χ1n) is 9.40. The molecule has 0 aromatic heterocycles. The van der Waals surface area contributed by atoms with E-state index in [2.05, 4.69) is 27.9 Å². The Labute approximate surface area is 207 Å². The lowest BCUT2D eigenvalue weighted by atomic mass is 10.2. The van der Waals surface area contributed by atoms with Crippen molar-refractivity contribution in [3.63, 3.8) is 0 Å². The fraction of sp³-hybridized carbons (Fsp3) is 0.136. The minimum absolute atomic E-state index is 0.174. The van der Waals surface area contributed by atoms with E-state index in [1.807, 2.05) is 6.07 Å². The molecule has 33 heavy (non-hydrogen) atoms. The van der Waals surface area contributed by atoms with Crippen LogP contribution in [0.1, 0.15) is 11.1 Å². The van der Waals surface area contributed by atoms with Gasteiger partial charge in [-0.15, -0.1) is 0 Å². The molecule has 5 nitrogen and oxygen atoms in total. The molecule has 0 atom stereocenters. The van der Waals surface area contributed by atoms with Crippen molar-refractivity contribution in [2.75, 3.05) is 16.2 Å². The van der Waals surface area contributed by atoms with E-state index in [1.54, 1.807) is 25.1 Å². The topological polar surface area (TPSA) is 66.5 Å². The normalized spacial score (nSPS) is 11.8. The zero-order chi connectivity index (χ0) is 24.4. The minimum atomic E-state index is -4.81. The van der Waals surface area contributed by atoms with Crippen LogP contribution >= 0.6 is 34.2 Å². The highest BCUT2D eigenvalue weighted by molar-refractivity contribution is 14.1. The van der Waals surface area contributed by atoms with E-state index in [-0.39, 0.29) is 10.6 Å². The first kappa shape index (κ1) is 25.3. The molecule has 0 unspecified atom stereocenters. The van der Waals surface area contributed by atoms with Crippen molar-refractivity contribution < 1.29 is 26.4 Å². The number of amides is 1. The molecular formula is C22H17ClF3IN2O3S. The number of hydrogen-bond donors (Lipinski definition) is 1. The third-order valence-corrected chi connectivity index (χ3v) is 7.41. The lowest BCUT2D eigenvalue weighted by Gasteiger charge is -2.25. The largest absolute Gasteiger partial charge is 0.417 e. The number of rotatable bonds is 6. The van der Waals surface area contributed by atoms with Gasteiger partial charge in [-0.1, -0.05) is 29.8 Å². The summed E-state index contributed by atoms with van der Waals surface area (Å²) in [5.41, 5.74) is -0.336. The second-order valence-electron chi connectivity index (χ2n) is 6.99. The number of carbonyl (C=O) groups excluding carboxylic acids is 1. The Morgan fingerprint density at radius 1 is 1.06 bits per heavy atom. The monoisotopic (exact) mass is 608 g/mol. The van der Waals surface area contributed by atoms with Crippen LogP contribution in [0.2, 0.25) is 5.02 Å². The van der Waals surface area contributed by atoms with Crippen LogP contribution in [0.4, 0.5) is 24.5 Å². The molecule has 0 saturated heterocycles. The molecule has 174 valence electrons. The van der Waals surface area contributed by atoms with Crippen LogP contribution in [0.15, 0.2) is 71.6 Å². The summed E-state index contributed by atoms with van der Waals surface area (Å²) in [6.45, 7) is 1.02. The van der Waals surface area contributed by atoms with Crippen LogP contribution in [-0.4, -0.2) is 20.9 Å². The Balaban J connectivity index is 2.04. The van der Waals surface area contributed by atoms with Crippen molar-refractivity contribution in [3.8, 4) is 0 Å². The Hall–Kier alpha value is -2.31. The maximum atomic E-state index is 13.4. The fourth-order valence-electron chi connectivity index (χ4n) is 3.01. The highest BCUT2D eigenvalue weighted by atomic mass is 127. The number of halogens is 5. The summed E-state index contributed by atoms with van der Waals surface area (Å²) in [5.74, 6) is -0.720. The Kier molecular flexibility index (Phi) is 7.59. The summed E-state index contributed by atoms with van der Waals surface area (Å²) in [7, 11) is -4.37. The maximum absolute atomic E-state index is 13.4. The lowest BCUT2D eigenvalue weighted by molar-refractivity contribution is -0.137. The molecule has 0 fully saturated rings. The first-order chi connectivity index (χ1) is 15.4. The molecule has 3 rings (SSSR count). The van der Waals surface area contributed by atoms with E-state index >= 15 is 0 Å². The van der Waals surface area contributed by atoms with Crippen molar-refractivity contribution in [1.29, 1.82) is 0 Å². The number of alkyl halides is 3. The van der Waals surface area contributed by atoms with Gasteiger partial charge in [0.1, 0.15) is 6.54 Å². The van der Waals surface area contributed by atoms with Gasteiger partial charge in [-0.05, 0) is 83.6 Å². The van der Waals surface area contributed by atoms with E-state index in [0.717, 1.165) is 21.3 Å². The highest BCUT2D eigenvalue weighted by Gasteiger charge is 2.35. The summed E-state index contributed by atoms with van der Waals surface area (Å²) < 4.78 is 68.4. The molecule has 3 aromatic rings. The molecule has 0 saturated carbocycles. The van der Waals surface area contributed by atoms with Gasteiger partial charge < -0.3 is 5.32 Å². The van der Waals surface area contributed by atoms with Gasteiger partial charge in [0, 0.05) is 9.26 Å². The second-order valence-corrected chi connectivity index (χ2v) is 10.5. The standard InChI is InChI=1S/C22H17ClF3IN2O3S/c1-14-11-15(27)7-10-20(14)28-21(30)13-29(33(31,32)17-5-3-2-4-6-17)16-8-9-19(23)18(12-16)22(24,25)26/h2-12H,13H2,1H3,(H,28,30). The molecule has 0 aliphatic heterocycles. The van der Waals surface area contributed by atoms with Crippen LogP contribution in [0.3, 0.4) is 0 Å². The molecule has 0 aliphatic rings. The molecule has 11 heteroatoms. The van der Waals surface area contributed by atoms with E-state index < -0.39 is 39.2 Å². The molecule has 1 N–H and O–H groups in total. The van der Waals surface area contributed by atoms with Crippen molar-refractivity contribution in [1.82, 2.24) is 0 Å². The lowest BCUT2D eigenvalue weighted by Crippen LogP contribution is -2.38. The molecule has 0 heterocycles. The van der Waals surface area contributed by atoms with Gasteiger partial charge in [-0.3, -0.25) is 9.10 Å². The minimum Gasteiger partial charge on any atom is -0.324 e. The molecular weight excluding hydrogens is 592 g/mol. The van der Waals surface area contributed by atoms with Gasteiger partial charge >= 0.3 is 6.18 Å². The van der Waals surface area contributed by atoms with E-state index in [0.29, 0.717) is 16.1 Å². The van der Waals surface area contributed by atoms with Crippen LogP contribution in [0.25, 0.3) is 0 Å². The van der Waals surface area contributed by atoms with E-state index in [9.17, 15) is 26.4 Å². The number of anilines is 2. The average Bonchev–Trinajstić information content (AvgIpc) is 2.74. The maximum Gasteiger partial charge on any atom is 0.417 e. The fourth-order valence-corrected chi connectivity index (χ4v) is 5.31. The number of nitrogens with zero attached hydrogens (tertiary/aromatic N) is 1. The predicted molar refractivity (Wildman–Crippen MR) is 130 cm³/mol. The third kappa shape index (κ3) is 5.98. The molecule has 0 radical (unpaired) electrons. The van der Waals surface area contributed by atoms with Gasteiger partial charge in [0.15, 0.2) is 0 Å². The van der Waals surface area contributed by atoms with E-state index in [4.69, 9.17) is 11.6 Å². The third-order valence-electron chi connectivity index (χ3n) is 4.62. The zero-order valence-corrected chi connectivity index (χ0v) is 20.8. The number of benzene rings is 3. The average molecular weight is 609 g/mol. The van der Waals surface area contributed by atoms with Crippen molar-refractivity contribution in [2.45, 2.75) is 18.0 Å². The van der Waals surface area contributed by atoms with Gasteiger partial charge in [0.05, 0.1) is 21.2 Å². The van der Waals surface area contributed by atoms with E-state index in [1.165, 1.54) is 24.3 Å². The summed E-state index contributed by atoms with van der Waals surface area (Å²) >= 11 is 7.80. The summed E-state index contributed by atoms with van der Waals surface area (Å²) in [6.07, 6.45) is -4.81. The molecule has 3 aromatic carbocycles. The van der Waals surface area contributed by atoms with Crippen molar-refractivity contribution in [2.24, 2.45) is 0 Å². The summed E-state index contributed by atoms with van der Waals surface area (Å²) in [6, 6.07) is 15.1. The number of aryl methyl sites for hydroxylation is 1. The van der Waals surface area contributed by atoms with Crippen LogP contribution in [0.5, 0.6) is 0 Å². The van der Waals surface area contributed by atoms with Crippen LogP contribution in [0, 0.1) is 10.5 Å². The van der Waals surface area contributed by atoms with Gasteiger partial charge in [-0.2, -0.15) is 13.2 Å². The van der Waals surface area contributed by atoms with Gasteiger partial charge in [-0.25, -0.2) is 8.42 Å². The number of nitrogens with one attached hydrogen (secondary N) is 1. The molecule has 0 bridgehead atoms. The SMILES string of the molecule is Cc1cc(I)ccc1NC(=O)CN(c1ccc(Cl)c(C(F)(F)F)c1)S(=O)(=O)c1ccccc1. The molecule has 0 aliphatic carbocycles. The number of hydrogen-bond acceptors (Lipinski definition) is 3. The Morgan fingerprint density at radius 3 is 2.33 bits per heavy atom. The Bertz CT molecular complexity index is 1290. The smallest absolute Gasteiger partial charge is 0.324 e. The number of sulfonamides is 1.